The topological polar surface area (TPSA) is 49.9 Å². The Kier molecular flexibility index (Phi) is 5.53. The van der Waals surface area contributed by atoms with Crippen LogP contribution in [-0.4, -0.2) is 43.3 Å². The molecule has 162 valence electrons. The van der Waals surface area contributed by atoms with Gasteiger partial charge < -0.3 is 9.64 Å². The van der Waals surface area contributed by atoms with Crippen molar-refractivity contribution in [2.24, 2.45) is 0 Å². The largest absolute Gasteiger partial charge is 0.497 e. The van der Waals surface area contributed by atoms with Crippen LogP contribution in [-0.2, 0) is 30.6 Å². The Bertz CT molecular complexity index is 1030. The number of amides is 1. The van der Waals surface area contributed by atoms with Gasteiger partial charge in [0.15, 0.2) is 5.78 Å². The van der Waals surface area contributed by atoms with Crippen LogP contribution in [0.1, 0.15) is 58.3 Å². The van der Waals surface area contributed by atoms with Gasteiger partial charge in [-0.1, -0.05) is 6.07 Å². The Morgan fingerprint density at radius 3 is 2.65 bits per heavy atom. The summed E-state index contributed by atoms with van der Waals surface area (Å²) >= 11 is 0. The monoisotopic (exact) mass is 418 g/mol. The molecule has 0 radical (unpaired) electrons. The third-order valence-electron chi connectivity index (χ3n) is 6.98. The summed E-state index contributed by atoms with van der Waals surface area (Å²) in [6.07, 6.45) is 5.86. The summed E-state index contributed by atoms with van der Waals surface area (Å²) in [6, 6.07) is 10.5. The van der Waals surface area contributed by atoms with E-state index in [1.807, 2.05) is 23.1 Å². The van der Waals surface area contributed by atoms with Gasteiger partial charge in [0.25, 0.3) is 0 Å². The van der Waals surface area contributed by atoms with E-state index in [0.717, 1.165) is 75.3 Å². The number of ether oxygens (including phenoxy) is 1. The summed E-state index contributed by atoms with van der Waals surface area (Å²) in [6.45, 7) is 3.72. The highest BCUT2D eigenvalue weighted by Gasteiger charge is 2.31. The molecule has 3 heterocycles. The molecular formula is C26H30N2O3. The summed E-state index contributed by atoms with van der Waals surface area (Å²) < 4.78 is 5.37. The highest BCUT2D eigenvalue weighted by molar-refractivity contribution is 6.02. The number of ketones is 1. The SMILES string of the molecule is COc1ccc2c(c1)CCCN(CCCC(=O)c1cc3c4c(c1)CCN4C(=O)CC3)C2. The number of nitrogens with zero attached hydrogens (tertiary/aromatic N) is 2. The number of rotatable bonds is 6. The van der Waals surface area contributed by atoms with E-state index < -0.39 is 0 Å². The Balaban J connectivity index is 1.20. The summed E-state index contributed by atoms with van der Waals surface area (Å²) in [4.78, 5) is 29.4. The number of methoxy groups -OCH3 is 1. The standard InChI is InChI=1S/C26H30N2O3/c1-31-23-8-6-21-17-27(11-2-4-18(21)16-23)12-3-5-24(29)22-14-19-7-9-25(30)28-13-10-20(15-22)26(19)28/h6,8,14-16H,2-5,7,9-13,17H2,1H3. The molecule has 0 unspecified atom stereocenters. The average Bonchev–Trinajstić information content (AvgIpc) is 3.11. The number of carbonyl (C=O) groups is 2. The van der Waals surface area contributed by atoms with E-state index in [-0.39, 0.29) is 11.7 Å². The van der Waals surface area contributed by atoms with Crippen molar-refractivity contribution in [3.8, 4) is 5.75 Å². The zero-order chi connectivity index (χ0) is 21.4. The fraction of sp³-hybridized carbons (Fsp3) is 0.462. The van der Waals surface area contributed by atoms with Crippen molar-refractivity contribution in [1.82, 2.24) is 4.90 Å². The molecule has 0 bridgehead atoms. The number of fused-ring (bicyclic) bond motifs is 1. The highest BCUT2D eigenvalue weighted by Crippen LogP contribution is 2.37. The molecule has 0 aliphatic carbocycles. The quantitative estimate of drug-likeness (QED) is 0.667. The molecule has 0 aromatic heterocycles. The normalized spacial score (nSPS) is 17.8. The van der Waals surface area contributed by atoms with Gasteiger partial charge in [0.05, 0.1) is 12.8 Å². The molecular weight excluding hydrogens is 388 g/mol. The molecule has 31 heavy (non-hydrogen) atoms. The van der Waals surface area contributed by atoms with Gasteiger partial charge in [-0.2, -0.15) is 0 Å². The van der Waals surface area contributed by atoms with Crippen LogP contribution in [0.2, 0.25) is 0 Å². The second-order valence-electron chi connectivity index (χ2n) is 8.98. The molecule has 5 nitrogen and oxygen atoms in total. The third kappa shape index (κ3) is 3.99. The number of benzene rings is 2. The summed E-state index contributed by atoms with van der Waals surface area (Å²) in [7, 11) is 1.72. The smallest absolute Gasteiger partial charge is 0.227 e. The molecule has 2 aromatic carbocycles. The number of aryl methyl sites for hydroxylation is 2. The molecule has 0 atom stereocenters. The van der Waals surface area contributed by atoms with Crippen molar-refractivity contribution < 1.29 is 14.3 Å². The minimum atomic E-state index is 0.225. The molecule has 0 saturated carbocycles. The minimum Gasteiger partial charge on any atom is -0.497 e. The van der Waals surface area contributed by atoms with Gasteiger partial charge >= 0.3 is 0 Å². The van der Waals surface area contributed by atoms with Crippen molar-refractivity contribution in [2.45, 2.75) is 51.5 Å². The first kappa shape index (κ1) is 20.3. The van der Waals surface area contributed by atoms with Gasteiger partial charge in [-0.25, -0.2) is 0 Å². The fourth-order valence-corrected chi connectivity index (χ4v) is 5.35. The average molecular weight is 419 g/mol. The van der Waals surface area contributed by atoms with Gasteiger partial charge in [0.2, 0.25) is 5.91 Å². The van der Waals surface area contributed by atoms with Crippen LogP contribution in [0.3, 0.4) is 0 Å². The predicted molar refractivity (Wildman–Crippen MR) is 121 cm³/mol. The first-order valence-electron chi connectivity index (χ1n) is 11.5. The predicted octanol–water partition coefficient (Wildman–Crippen LogP) is 3.94. The molecule has 0 spiro atoms. The van der Waals surface area contributed by atoms with Crippen LogP contribution in [0.15, 0.2) is 30.3 Å². The van der Waals surface area contributed by atoms with E-state index in [0.29, 0.717) is 12.8 Å². The Morgan fingerprint density at radius 1 is 0.968 bits per heavy atom. The third-order valence-corrected chi connectivity index (χ3v) is 6.98. The van der Waals surface area contributed by atoms with Gasteiger partial charge in [0.1, 0.15) is 5.75 Å². The lowest BCUT2D eigenvalue weighted by Gasteiger charge is -2.25. The van der Waals surface area contributed by atoms with Crippen LogP contribution in [0.5, 0.6) is 5.75 Å². The number of carbonyl (C=O) groups excluding carboxylic acids is 2. The highest BCUT2D eigenvalue weighted by atomic mass is 16.5. The molecule has 0 N–H and O–H groups in total. The summed E-state index contributed by atoms with van der Waals surface area (Å²) in [5.74, 6) is 1.39. The number of hydrogen-bond acceptors (Lipinski definition) is 4. The molecule has 1 amide bonds. The molecule has 3 aliphatic heterocycles. The molecule has 5 heteroatoms. The number of Topliss-reactive ketones (excluding diaryl/α,β-unsaturated/α-hetero) is 1. The first-order valence-corrected chi connectivity index (χ1v) is 11.5. The van der Waals surface area contributed by atoms with Crippen molar-refractivity contribution in [2.75, 3.05) is 31.6 Å². The maximum Gasteiger partial charge on any atom is 0.227 e. The van der Waals surface area contributed by atoms with Gasteiger partial charge in [-0.05, 0) is 91.7 Å². The summed E-state index contributed by atoms with van der Waals surface area (Å²) in [5.41, 5.74) is 7.04. The van der Waals surface area contributed by atoms with Crippen LogP contribution >= 0.6 is 0 Å². The summed E-state index contributed by atoms with van der Waals surface area (Å²) in [5, 5.41) is 0. The van der Waals surface area contributed by atoms with Crippen molar-refractivity contribution in [1.29, 1.82) is 0 Å². The zero-order valence-corrected chi connectivity index (χ0v) is 18.3. The Morgan fingerprint density at radius 2 is 1.81 bits per heavy atom. The molecule has 0 fully saturated rings. The lowest BCUT2D eigenvalue weighted by Crippen LogP contribution is -2.32. The lowest BCUT2D eigenvalue weighted by atomic mass is 9.94. The minimum absolute atomic E-state index is 0.225. The zero-order valence-electron chi connectivity index (χ0n) is 18.3. The van der Waals surface area contributed by atoms with E-state index in [1.165, 1.54) is 22.3 Å². The maximum atomic E-state index is 12.9. The Labute approximate surface area is 184 Å². The van der Waals surface area contributed by atoms with Gasteiger partial charge in [0, 0.05) is 31.5 Å². The van der Waals surface area contributed by atoms with Crippen molar-refractivity contribution in [3.05, 3.63) is 58.1 Å². The van der Waals surface area contributed by atoms with E-state index in [4.69, 9.17) is 4.74 Å². The van der Waals surface area contributed by atoms with E-state index in [1.54, 1.807) is 7.11 Å². The van der Waals surface area contributed by atoms with Gasteiger partial charge in [-0.3, -0.25) is 14.5 Å². The van der Waals surface area contributed by atoms with E-state index in [9.17, 15) is 9.59 Å². The molecule has 5 rings (SSSR count). The van der Waals surface area contributed by atoms with Crippen LogP contribution in [0.4, 0.5) is 5.69 Å². The fourth-order valence-electron chi connectivity index (χ4n) is 5.35. The second kappa shape index (κ2) is 8.46. The van der Waals surface area contributed by atoms with Crippen LogP contribution in [0, 0.1) is 0 Å². The maximum absolute atomic E-state index is 12.9. The van der Waals surface area contributed by atoms with Crippen LogP contribution < -0.4 is 9.64 Å². The lowest BCUT2D eigenvalue weighted by molar-refractivity contribution is -0.118. The van der Waals surface area contributed by atoms with E-state index >= 15 is 0 Å². The number of anilines is 1. The molecule has 2 aromatic rings. The van der Waals surface area contributed by atoms with Crippen LogP contribution in [0.25, 0.3) is 0 Å². The van der Waals surface area contributed by atoms with E-state index in [2.05, 4.69) is 17.0 Å². The molecule has 0 saturated heterocycles. The van der Waals surface area contributed by atoms with Crippen molar-refractivity contribution in [3.63, 3.8) is 0 Å². The van der Waals surface area contributed by atoms with Gasteiger partial charge in [-0.15, -0.1) is 0 Å². The van der Waals surface area contributed by atoms with Crippen molar-refractivity contribution >= 4 is 17.4 Å². The molecule has 3 aliphatic rings. The first-order chi connectivity index (χ1) is 15.1. The Hall–Kier alpha value is -2.66. The number of hydrogen-bond donors (Lipinski definition) is 0. The second-order valence-corrected chi connectivity index (χ2v) is 8.98.